The van der Waals surface area contributed by atoms with E-state index in [4.69, 9.17) is 23.2 Å². The van der Waals surface area contributed by atoms with E-state index >= 15 is 0 Å². The minimum absolute atomic E-state index is 0.000335. The molecule has 2 N–H and O–H groups in total. The van der Waals surface area contributed by atoms with Crippen molar-refractivity contribution in [2.45, 2.75) is 68.7 Å². The Balaban J connectivity index is 1.22. The predicted octanol–water partition coefficient (Wildman–Crippen LogP) is 5.07. The number of carbonyl (C=O) groups excluding carboxylic acids is 2. The number of thioether (sulfide) groups is 1. The largest absolute Gasteiger partial charge is 0.340 e. The topological polar surface area (TPSA) is 80.8 Å². The zero-order chi connectivity index (χ0) is 30.0. The molecule has 4 aliphatic heterocycles. The number of rotatable bonds is 5. The molecule has 1 spiro atoms. The van der Waals surface area contributed by atoms with Gasteiger partial charge in [0.2, 0.25) is 5.91 Å². The van der Waals surface area contributed by atoms with Gasteiger partial charge in [-0.1, -0.05) is 60.9 Å². The third-order valence-electron chi connectivity index (χ3n) is 9.41. The third-order valence-corrected chi connectivity index (χ3v) is 11.1. The highest BCUT2D eigenvalue weighted by molar-refractivity contribution is 8.04. The van der Waals surface area contributed by atoms with Crippen molar-refractivity contribution in [3.8, 4) is 0 Å². The van der Waals surface area contributed by atoms with Crippen molar-refractivity contribution in [2.24, 2.45) is 5.92 Å². The molecule has 1 aromatic heterocycles. The zero-order valence-electron chi connectivity index (χ0n) is 24.2. The van der Waals surface area contributed by atoms with Crippen LogP contribution in [0.4, 0.5) is 4.39 Å². The van der Waals surface area contributed by atoms with Crippen LogP contribution in [-0.4, -0.2) is 74.8 Å². The summed E-state index contributed by atoms with van der Waals surface area (Å²) in [6.45, 7) is 6.90. The molecule has 3 saturated heterocycles. The van der Waals surface area contributed by atoms with E-state index in [1.807, 2.05) is 17.0 Å². The van der Waals surface area contributed by atoms with E-state index in [1.54, 1.807) is 23.2 Å². The summed E-state index contributed by atoms with van der Waals surface area (Å²) in [6, 6.07) is 7.55. The number of likely N-dealkylation sites (tertiary alicyclic amines) is 1. The lowest BCUT2D eigenvalue weighted by Gasteiger charge is -2.37. The fraction of sp³-hybridized carbons (Fsp3) is 0.516. The normalized spacial score (nSPS) is 27.9. The van der Waals surface area contributed by atoms with Crippen LogP contribution < -0.4 is 10.6 Å². The highest BCUT2D eigenvalue weighted by Crippen LogP contribution is 2.54. The van der Waals surface area contributed by atoms with Gasteiger partial charge >= 0.3 is 0 Å². The number of hydrogen-bond acceptors (Lipinski definition) is 7. The number of piperazine rings is 1. The number of allylic oxidation sites excluding steroid dienone is 1. The van der Waals surface area contributed by atoms with Gasteiger partial charge in [0.1, 0.15) is 22.5 Å². The number of hydrogen-bond donors (Lipinski definition) is 2. The molecule has 228 valence electrons. The SMILES string of the molecule is CC(C)C1=C(C(=O)N2CCC[C@H]2C(=O)N2CCNC3(CC3)C2)SC2N[C@@H](c3ccc(Cl)nc3)[C@@H](c3ccc(Cl)c(F)c3)N12. The van der Waals surface area contributed by atoms with Crippen molar-refractivity contribution in [1.29, 1.82) is 0 Å². The fourth-order valence-electron chi connectivity index (χ4n) is 7.15. The van der Waals surface area contributed by atoms with Crippen molar-refractivity contribution in [3.05, 3.63) is 74.3 Å². The van der Waals surface area contributed by atoms with Gasteiger partial charge in [-0.05, 0) is 60.9 Å². The first kappa shape index (κ1) is 29.3. The first-order valence-electron chi connectivity index (χ1n) is 15.0. The molecular weight excluding hydrogens is 610 g/mol. The molecule has 43 heavy (non-hydrogen) atoms. The molecule has 2 aromatic rings. The predicted molar refractivity (Wildman–Crippen MR) is 166 cm³/mol. The molecule has 12 heteroatoms. The van der Waals surface area contributed by atoms with Crippen LogP contribution in [0.25, 0.3) is 0 Å². The molecule has 1 aromatic carbocycles. The Morgan fingerprint density at radius 1 is 1.14 bits per heavy atom. The van der Waals surface area contributed by atoms with Gasteiger partial charge in [0.05, 0.1) is 22.0 Å². The first-order chi connectivity index (χ1) is 20.7. The van der Waals surface area contributed by atoms with Crippen LogP contribution in [0.15, 0.2) is 47.1 Å². The summed E-state index contributed by atoms with van der Waals surface area (Å²) in [5.41, 5.74) is 2.37. The molecule has 4 fully saturated rings. The zero-order valence-corrected chi connectivity index (χ0v) is 26.5. The van der Waals surface area contributed by atoms with Gasteiger partial charge in [0.15, 0.2) is 0 Å². The van der Waals surface area contributed by atoms with E-state index in [0.717, 1.165) is 49.2 Å². The number of fused-ring (bicyclic) bond motifs is 1. The summed E-state index contributed by atoms with van der Waals surface area (Å²) >= 11 is 13.7. The van der Waals surface area contributed by atoms with Crippen molar-refractivity contribution in [3.63, 3.8) is 0 Å². The molecule has 0 bridgehead atoms. The van der Waals surface area contributed by atoms with Gasteiger partial charge in [-0.3, -0.25) is 14.9 Å². The average molecular weight is 646 g/mol. The number of nitrogens with zero attached hydrogens (tertiary/aromatic N) is 4. The minimum Gasteiger partial charge on any atom is -0.340 e. The third kappa shape index (κ3) is 5.23. The van der Waals surface area contributed by atoms with Crippen molar-refractivity contribution >= 4 is 46.8 Å². The van der Waals surface area contributed by atoms with Crippen LogP contribution in [0.2, 0.25) is 10.2 Å². The highest BCUT2D eigenvalue weighted by Gasteiger charge is 2.52. The van der Waals surface area contributed by atoms with E-state index < -0.39 is 11.9 Å². The molecule has 7 rings (SSSR count). The summed E-state index contributed by atoms with van der Waals surface area (Å²) < 4.78 is 14.8. The Kier molecular flexibility index (Phi) is 7.65. The number of amides is 2. The molecule has 5 aliphatic rings. The van der Waals surface area contributed by atoms with Crippen LogP contribution in [-0.2, 0) is 9.59 Å². The van der Waals surface area contributed by atoms with E-state index in [1.165, 1.54) is 17.8 Å². The lowest BCUT2D eigenvalue weighted by Crippen LogP contribution is -2.58. The lowest BCUT2D eigenvalue weighted by molar-refractivity contribution is -0.142. The molecule has 1 unspecified atom stereocenters. The molecule has 1 saturated carbocycles. The Hall–Kier alpha value is -2.37. The molecule has 8 nitrogen and oxygen atoms in total. The second-order valence-corrected chi connectivity index (χ2v) is 14.4. The van der Waals surface area contributed by atoms with Crippen LogP contribution in [0.3, 0.4) is 0 Å². The van der Waals surface area contributed by atoms with Gasteiger partial charge < -0.3 is 20.0 Å². The first-order valence-corrected chi connectivity index (χ1v) is 16.7. The summed E-state index contributed by atoms with van der Waals surface area (Å²) in [7, 11) is 0. The summed E-state index contributed by atoms with van der Waals surface area (Å²) in [4.78, 5) is 39.1. The van der Waals surface area contributed by atoms with Crippen LogP contribution >= 0.6 is 35.0 Å². The Labute approximate surface area is 265 Å². The Morgan fingerprint density at radius 3 is 2.63 bits per heavy atom. The maximum atomic E-state index is 14.8. The smallest absolute Gasteiger partial charge is 0.262 e. The number of pyridine rings is 1. The molecule has 1 aliphatic carbocycles. The standard InChI is InChI=1S/C31H35Cl2FN6O2S/c1-17(2)25-27(29(42)39-12-3-4-22(39)28(41)38-13-11-36-31(16-38)9-10-31)43-30-37-24(19-6-8-23(33)35-15-19)26(40(25)30)18-5-7-20(32)21(34)14-18/h5-8,14-15,17,22,24,26,30,36-37H,3-4,9-13,16H2,1-2H3/t22-,24-,26+,30?/m0/s1. The van der Waals surface area contributed by atoms with Gasteiger partial charge in [0, 0.05) is 43.6 Å². The molecule has 4 atom stereocenters. The van der Waals surface area contributed by atoms with Gasteiger partial charge in [-0.25, -0.2) is 9.37 Å². The second kappa shape index (κ2) is 11.2. The van der Waals surface area contributed by atoms with Gasteiger partial charge in [-0.15, -0.1) is 0 Å². The maximum Gasteiger partial charge on any atom is 0.262 e. The number of aromatic nitrogens is 1. The number of benzene rings is 1. The Morgan fingerprint density at radius 2 is 1.93 bits per heavy atom. The van der Waals surface area contributed by atoms with E-state index in [-0.39, 0.29) is 45.9 Å². The van der Waals surface area contributed by atoms with Crippen LogP contribution in [0, 0.1) is 11.7 Å². The van der Waals surface area contributed by atoms with E-state index in [9.17, 15) is 14.0 Å². The molecular formula is C31H35Cl2FN6O2S. The highest BCUT2D eigenvalue weighted by atomic mass is 35.5. The van der Waals surface area contributed by atoms with Crippen LogP contribution in [0.5, 0.6) is 0 Å². The summed E-state index contributed by atoms with van der Waals surface area (Å²) in [6.07, 6.45) is 5.42. The second-order valence-electron chi connectivity index (χ2n) is 12.5. The molecule has 5 heterocycles. The van der Waals surface area contributed by atoms with Crippen LogP contribution in [0.1, 0.15) is 62.7 Å². The monoisotopic (exact) mass is 644 g/mol. The summed E-state index contributed by atoms with van der Waals surface area (Å²) in [5, 5.41) is 7.71. The average Bonchev–Trinajstić information content (AvgIpc) is 3.33. The summed E-state index contributed by atoms with van der Waals surface area (Å²) in [5.74, 6) is -0.521. The fourth-order valence-corrected chi connectivity index (χ4v) is 8.85. The van der Waals surface area contributed by atoms with E-state index in [0.29, 0.717) is 29.6 Å². The van der Waals surface area contributed by atoms with Crippen molar-refractivity contribution in [1.82, 2.24) is 30.3 Å². The Bertz CT molecular complexity index is 1490. The number of carbonyl (C=O) groups is 2. The van der Waals surface area contributed by atoms with Gasteiger partial charge in [0.25, 0.3) is 5.91 Å². The van der Waals surface area contributed by atoms with Crippen molar-refractivity contribution in [2.75, 3.05) is 26.2 Å². The quantitative estimate of drug-likeness (QED) is 0.440. The lowest BCUT2D eigenvalue weighted by atomic mass is 9.93. The molecule has 0 radical (unpaired) electrons. The molecule has 2 amide bonds. The maximum absolute atomic E-state index is 14.8. The van der Waals surface area contributed by atoms with E-state index in [2.05, 4.69) is 34.4 Å². The minimum atomic E-state index is -0.492. The van der Waals surface area contributed by atoms with Crippen molar-refractivity contribution < 1.29 is 14.0 Å². The number of halogens is 3. The number of nitrogens with one attached hydrogen (secondary N) is 2. The van der Waals surface area contributed by atoms with Gasteiger partial charge in [-0.2, -0.15) is 0 Å².